The number of aromatic nitrogens is 2. The number of hydrogen-bond acceptors (Lipinski definition) is 5. The van der Waals surface area contributed by atoms with Crippen molar-refractivity contribution in [2.45, 2.75) is 25.3 Å². The predicted molar refractivity (Wildman–Crippen MR) is 71.7 cm³/mol. The highest BCUT2D eigenvalue weighted by Crippen LogP contribution is 2.17. The molecule has 1 aromatic heterocycles. The summed E-state index contributed by atoms with van der Waals surface area (Å²) in [5.74, 6) is -0.208. The summed E-state index contributed by atoms with van der Waals surface area (Å²) in [7, 11) is 0. The van der Waals surface area contributed by atoms with Crippen LogP contribution in [-0.4, -0.2) is 52.8 Å². The summed E-state index contributed by atoms with van der Waals surface area (Å²) >= 11 is 0. The molecule has 112 valence electrons. The molecule has 2 N–H and O–H groups in total. The third kappa shape index (κ3) is 3.04. The third-order valence-corrected chi connectivity index (χ3v) is 3.72. The number of amides is 2. The molecule has 21 heavy (non-hydrogen) atoms. The Bertz CT molecular complexity index is 627. The van der Waals surface area contributed by atoms with Crippen LogP contribution in [-0.2, 0) is 22.4 Å². The first-order valence-corrected chi connectivity index (χ1v) is 6.90. The van der Waals surface area contributed by atoms with Gasteiger partial charge >= 0.3 is 6.09 Å². The molecule has 2 heterocycles. The summed E-state index contributed by atoms with van der Waals surface area (Å²) in [4.78, 5) is 35.9. The Morgan fingerprint density at radius 1 is 1.52 bits per heavy atom. The van der Waals surface area contributed by atoms with Gasteiger partial charge in [-0.2, -0.15) is 5.10 Å². The van der Waals surface area contributed by atoms with Crippen LogP contribution in [0.4, 0.5) is 4.79 Å². The zero-order chi connectivity index (χ0) is 14.8. The van der Waals surface area contributed by atoms with Crippen molar-refractivity contribution in [3.63, 3.8) is 0 Å². The van der Waals surface area contributed by atoms with E-state index in [1.807, 2.05) is 0 Å². The maximum Gasteiger partial charge on any atom is 0.410 e. The van der Waals surface area contributed by atoms with Gasteiger partial charge in [0.05, 0.1) is 12.2 Å². The van der Waals surface area contributed by atoms with Crippen molar-refractivity contribution in [3.05, 3.63) is 27.7 Å². The van der Waals surface area contributed by atoms with Crippen molar-refractivity contribution in [3.8, 4) is 0 Å². The molecule has 3 rings (SSSR count). The number of carbonyl (C=O) groups excluding carboxylic acids is 2. The number of carbonyl (C=O) groups is 2. The van der Waals surface area contributed by atoms with Crippen molar-refractivity contribution in [1.29, 1.82) is 0 Å². The zero-order valence-corrected chi connectivity index (χ0v) is 11.4. The summed E-state index contributed by atoms with van der Waals surface area (Å²) in [6, 6.07) is 1.49. The van der Waals surface area contributed by atoms with Crippen LogP contribution in [0.15, 0.2) is 10.9 Å². The van der Waals surface area contributed by atoms with Crippen LogP contribution in [0.3, 0.4) is 0 Å². The lowest BCUT2D eigenvalue weighted by atomic mass is 9.92. The fraction of sp³-hybridized carbons (Fsp3) is 0.538. The van der Waals surface area contributed by atoms with Gasteiger partial charge in [0.2, 0.25) is 5.91 Å². The highest BCUT2D eigenvalue weighted by atomic mass is 16.6. The van der Waals surface area contributed by atoms with Gasteiger partial charge in [-0.25, -0.2) is 9.89 Å². The highest BCUT2D eigenvalue weighted by Gasteiger charge is 2.26. The zero-order valence-electron chi connectivity index (χ0n) is 11.4. The molecule has 0 radical (unpaired) electrons. The molecule has 0 spiro atoms. The molecule has 2 aliphatic rings. The van der Waals surface area contributed by atoms with Gasteiger partial charge in [0.25, 0.3) is 5.56 Å². The molecule has 1 aliphatic heterocycles. The molecular weight excluding hydrogens is 276 g/mol. The SMILES string of the molecule is O=C(CN1CCOC1=O)NC1CCc2n[nH]c(=O)cc2C1. The van der Waals surface area contributed by atoms with Gasteiger partial charge in [-0.1, -0.05) is 0 Å². The molecule has 0 saturated carbocycles. The van der Waals surface area contributed by atoms with E-state index in [9.17, 15) is 14.4 Å². The maximum absolute atomic E-state index is 11.9. The lowest BCUT2D eigenvalue weighted by Gasteiger charge is -2.25. The van der Waals surface area contributed by atoms with Crippen molar-refractivity contribution >= 4 is 12.0 Å². The van der Waals surface area contributed by atoms with E-state index >= 15 is 0 Å². The molecule has 1 saturated heterocycles. The van der Waals surface area contributed by atoms with Gasteiger partial charge in [-0.05, 0) is 24.8 Å². The molecule has 0 bridgehead atoms. The van der Waals surface area contributed by atoms with Gasteiger partial charge in [0.1, 0.15) is 13.2 Å². The van der Waals surface area contributed by atoms with E-state index in [4.69, 9.17) is 4.74 Å². The van der Waals surface area contributed by atoms with Crippen LogP contribution in [0.5, 0.6) is 0 Å². The first-order chi connectivity index (χ1) is 10.1. The third-order valence-electron chi connectivity index (χ3n) is 3.72. The average molecular weight is 292 g/mol. The van der Waals surface area contributed by atoms with Gasteiger partial charge in [-0.3, -0.25) is 14.5 Å². The van der Waals surface area contributed by atoms with Crippen molar-refractivity contribution in [1.82, 2.24) is 20.4 Å². The summed E-state index contributed by atoms with van der Waals surface area (Å²) in [6.45, 7) is 0.784. The van der Waals surface area contributed by atoms with Gasteiger partial charge in [-0.15, -0.1) is 0 Å². The average Bonchev–Trinajstić information content (AvgIpc) is 2.83. The van der Waals surface area contributed by atoms with Crippen LogP contribution in [0, 0.1) is 0 Å². The van der Waals surface area contributed by atoms with Gasteiger partial charge in [0.15, 0.2) is 0 Å². The molecule has 1 unspecified atom stereocenters. The highest BCUT2D eigenvalue weighted by molar-refractivity contribution is 5.83. The number of H-pyrrole nitrogens is 1. The molecule has 2 amide bonds. The van der Waals surface area contributed by atoms with Crippen LogP contribution in [0.25, 0.3) is 0 Å². The van der Waals surface area contributed by atoms with Crippen LogP contribution in [0.2, 0.25) is 0 Å². The summed E-state index contributed by atoms with van der Waals surface area (Å²) in [5, 5.41) is 9.32. The molecule has 1 aliphatic carbocycles. The lowest BCUT2D eigenvalue weighted by Crippen LogP contribution is -2.44. The maximum atomic E-state index is 11.9. The predicted octanol–water partition coefficient (Wildman–Crippen LogP) is -0.804. The molecular formula is C13H16N4O4. The Kier molecular flexibility index (Phi) is 3.59. The van der Waals surface area contributed by atoms with E-state index in [0.29, 0.717) is 26.0 Å². The lowest BCUT2D eigenvalue weighted by molar-refractivity contribution is -0.122. The van der Waals surface area contributed by atoms with E-state index in [-0.39, 0.29) is 24.1 Å². The van der Waals surface area contributed by atoms with E-state index < -0.39 is 6.09 Å². The molecule has 8 heteroatoms. The number of aryl methyl sites for hydroxylation is 1. The fourth-order valence-corrected chi connectivity index (χ4v) is 2.68. The number of nitrogens with one attached hydrogen (secondary N) is 2. The summed E-state index contributed by atoms with van der Waals surface area (Å²) in [5.41, 5.74) is 1.51. The number of rotatable bonds is 3. The Balaban J connectivity index is 1.58. The number of hydrogen-bond donors (Lipinski definition) is 2. The first kappa shape index (κ1) is 13.6. The number of ether oxygens (including phenoxy) is 1. The second-order valence-electron chi connectivity index (χ2n) is 5.25. The fourth-order valence-electron chi connectivity index (χ4n) is 2.68. The van der Waals surface area contributed by atoms with E-state index in [1.165, 1.54) is 11.0 Å². The normalized spacial score (nSPS) is 20.9. The minimum absolute atomic E-state index is 0.00974. The van der Waals surface area contributed by atoms with Gasteiger partial charge in [0, 0.05) is 12.1 Å². The molecule has 1 aromatic rings. The summed E-state index contributed by atoms with van der Waals surface area (Å²) in [6.07, 6.45) is 1.61. The Hall–Kier alpha value is -2.38. The van der Waals surface area contributed by atoms with Crippen LogP contribution in [0.1, 0.15) is 17.7 Å². The number of cyclic esters (lactones) is 1. The topological polar surface area (TPSA) is 104 Å². The number of nitrogens with zero attached hydrogens (tertiary/aromatic N) is 2. The smallest absolute Gasteiger partial charge is 0.410 e. The van der Waals surface area contributed by atoms with Crippen molar-refractivity contribution in [2.24, 2.45) is 0 Å². The van der Waals surface area contributed by atoms with Crippen molar-refractivity contribution < 1.29 is 14.3 Å². The van der Waals surface area contributed by atoms with E-state index in [1.54, 1.807) is 0 Å². The molecule has 1 fully saturated rings. The molecule has 1 atom stereocenters. The Morgan fingerprint density at radius 3 is 3.14 bits per heavy atom. The quantitative estimate of drug-likeness (QED) is 0.758. The van der Waals surface area contributed by atoms with E-state index in [0.717, 1.165) is 17.7 Å². The summed E-state index contributed by atoms with van der Waals surface area (Å²) < 4.78 is 4.78. The molecule has 8 nitrogen and oxygen atoms in total. The minimum atomic E-state index is -0.449. The van der Waals surface area contributed by atoms with Crippen LogP contribution >= 0.6 is 0 Å². The van der Waals surface area contributed by atoms with E-state index in [2.05, 4.69) is 15.5 Å². The van der Waals surface area contributed by atoms with Gasteiger partial charge < -0.3 is 10.1 Å². The monoisotopic (exact) mass is 292 g/mol. The first-order valence-electron chi connectivity index (χ1n) is 6.90. The number of fused-ring (bicyclic) bond motifs is 1. The standard InChI is InChI=1S/C13H16N4O4/c18-11-6-8-5-9(1-2-10(8)15-16-11)14-12(19)7-17-3-4-21-13(17)20/h6,9H,1-5,7H2,(H,14,19)(H,16,18). The second kappa shape index (κ2) is 5.55. The Morgan fingerprint density at radius 2 is 2.38 bits per heavy atom. The second-order valence-corrected chi connectivity index (χ2v) is 5.25. The number of aromatic amines is 1. The molecule has 0 aromatic carbocycles. The van der Waals surface area contributed by atoms with Crippen molar-refractivity contribution in [2.75, 3.05) is 19.7 Å². The minimum Gasteiger partial charge on any atom is -0.448 e. The largest absolute Gasteiger partial charge is 0.448 e. The van der Waals surface area contributed by atoms with Crippen LogP contribution < -0.4 is 10.9 Å². The Labute approximate surface area is 120 Å².